The second kappa shape index (κ2) is 5.21. The van der Waals surface area contributed by atoms with Crippen molar-refractivity contribution in [2.45, 2.75) is 13.5 Å². The highest BCUT2D eigenvalue weighted by Crippen LogP contribution is 2.25. The van der Waals surface area contributed by atoms with Crippen molar-refractivity contribution in [3.05, 3.63) is 52.7 Å². The molecule has 21 heavy (non-hydrogen) atoms. The van der Waals surface area contributed by atoms with Gasteiger partial charge in [-0.15, -0.1) is 11.3 Å². The van der Waals surface area contributed by atoms with Crippen LogP contribution in [0.4, 0.5) is 5.82 Å². The van der Waals surface area contributed by atoms with Crippen molar-refractivity contribution in [3.63, 3.8) is 0 Å². The van der Waals surface area contributed by atoms with E-state index in [-0.39, 0.29) is 5.69 Å². The molecule has 3 rings (SSSR count). The molecule has 1 N–H and O–H groups in total. The van der Waals surface area contributed by atoms with Crippen molar-refractivity contribution in [1.29, 1.82) is 0 Å². The third kappa shape index (κ3) is 2.50. The number of hydrogen-bond acceptors (Lipinski definition) is 4. The van der Waals surface area contributed by atoms with Crippen LogP contribution in [-0.4, -0.2) is 27.5 Å². The summed E-state index contributed by atoms with van der Waals surface area (Å²) in [5.41, 5.74) is 2.52. The third-order valence-electron chi connectivity index (χ3n) is 3.31. The molecular formula is C15H15N3O2S. The molecule has 5 nitrogen and oxygen atoms in total. The first-order chi connectivity index (χ1) is 10.1. The molecule has 108 valence electrons. The number of hydrogen-bond donors (Lipinski definition) is 1. The Morgan fingerprint density at radius 2 is 2.29 bits per heavy atom. The molecule has 0 unspecified atom stereocenters. The first kappa shape index (κ1) is 13.6. The molecular weight excluding hydrogens is 286 g/mol. The molecule has 0 aliphatic carbocycles. The van der Waals surface area contributed by atoms with E-state index < -0.39 is 5.97 Å². The molecule has 0 bridgehead atoms. The van der Waals surface area contributed by atoms with Gasteiger partial charge < -0.3 is 10.0 Å². The molecule has 2 heterocycles. The summed E-state index contributed by atoms with van der Waals surface area (Å²) in [5, 5.41) is 11.3. The first-order valence-corrected chi connectivity index (χ1v) is 7.40. The van der Waals surface area contributed by atoms with Gasteiger partial charge in [-0.1, -0.05) is 29.8 Å². The zero-order valence-corrected chi connectivity index (χ0v) is 12.6. The summed E-state index contributed by atoms with van der Waals surface area (Å²) in [6.07, 6.45) is 1.74. The predicted octanol–water partition coefficient (Wildman–Crippen LogP) is 3.04. The minimum atomic E-state index is -0.966. The number of imidazole rings is 1. The summed E-state index contributed by atoms with van der Waals surface area (Å²) >= 11 is 1.43. The fourth-order valence-electron chi connectivity index (χ4n) is 2.40. The maximum atomic E-state index is 11.5. The average molecular weight is 301 g/mol. The number of anilines is 1. The van der Waals surface area contributed by atoms with Crippen LogP contribution in [0.25, 0.3) is 4.96 Å². The van der Waals surface area contributed by atoms with Crippen molar-refractivity contribution >= 4 is 28.1 Å². The lowest BCUT2D eigenvalue weighted by Gasteiger charge is -2.17. The summed E-state index contributed by atoms with van der Waals surface area (Å²) < 4.78 is 1.62. The number of aromatic carboxylic acids is 1. The topological polar surface area (TPSA) is 57.8 Å². The van der Waals surface area contributed by atoms with Crippen LogP contribution in [0.5, 0.6) is 0 Å². The number of aryl methyl sites for hydroxylation is 1. The Morgan fingerprint density at radius 1 is 1.48 bits per heavy atom. The lowest BCUT2D eigenvalue weighted by atomic mass is 10.1. The van der Waals surface area contributed by atoms with Gasteiger partial charge in [-0.05, 0) is 12.5 Å². The Bertz CT molecular complexity index is 806. The molecule has 0 amide bonds. The highest BCUT2D eigenvalue weighted by Gasteiger charge is 2.22. The van der Waals surface area contributed by atoms with Crippen LogP contribution in [0.2, 0.25) is 0 Å². The van der Waals surface area contributed by atoms with Gasteiger partial charge in [0.25, 0.3) is 0 Å². The molecule has 3 aromatic rings. The number of fused-ring (bicyclic) bond motifs is 1. The van der Waals surface area contributed by atoms with Crippen LogP contribution in [0.3, 0.4) is 0 Å². The van der Waals surface area contributed by atoms with E-state index in [1.54, 1.807) is 10.6 Å². The van der Waals surface area contributed by atoms with Gasteiger partial charge in [0.1, 0.15) is 0 Å². The van der Waals surface area contributed by atoms with Gasteiger partial charge in [0.05, 0.1) is 0 Å². The standard InChI is InChI=1S/C15H15N3O2S/c1-10-4-3-5-11(8-10)9-17(2)13-12(14(19)20)18-6-7-21-15(18)16-13/h3-8H,9H2,1-2H3,(H,19,20). The number of rotatable bonds is 4. The van der Waals surface area contributed by atoms with E-state index >= 15 is 0 Å². The Hall–Kier alpha value is -2.34. The van der Waals surface area contributed by atoms with Crippen molar-refractivity contribution in [2.75, 3.05) is 11.9 Å². The molecule has 2 aromatic heterocycles. The molecule has 0 spiro atoms. The second-order valence-electron chi connectivity index (χ2n) is 4.99. The van der Waals surface area contributed by atoms with Gasteiger partial charge in [-0.3, -0.25) is 4.40 Å². The molecule has 0 atom stereocenters. The quantitative estimate of drug-likeness (QED) is 0.804. The van der Waals surface area contributed by atoms with Crippen LogP contribution in [-0.2, 0) is 6.54 Å². The molecule has 0 aliphatic rings. The normalized spacial score (nSPS) is 11.0. The van der Waals surface area contributed by atoms with Crippen molar-refractivity contribution in [3.8, 4) is 0 Å². The van der Waals surface area contributed by atoms with Gasteiger partial charge in [0, 0.05) is 25.2 Å². The van der Waals surface area contributed by atoms with Gasteiger partial charge in [0.15, 0.2) is 16.5 Å². The van der Waals surface area contributed by atoms with Crippen LogP contribution < -0.4 is 4.90 Å². The Kier molecular flexibility index (Phi) is 3.39. The third-order valence-corrected chi connectivity index (χ3v) is 4.07. The minimum absolute atomic E-state index is 0.210. The highest BCUT2D eigenvalue weighted by atomic mass is 32.1. The molecule has 0 fully saturated rings. The van der Waals surface area contributed by atoms with Gasteiger partial charge >= 0.3 is 5.97 Å². The number of thiazole rings is 1. The maximum Gasteiger partial charge on any atom is 0.356 e. The number of carbonyl (C=O) groups is 1. The van der Waals surface area contributed by atoms with E-state index in [1.165, 1.54) is 16.9 Å². The SMILES string of the molecule is Cc1cccc(CN(C)c2nc3sccn3c2C(=O)O)c1. The number of nitrogens with zero attached hydrogens (tertiary/aromatic N) is 3. The average Bonchev–Trinajstić information content (AvgIpc) is 2.97. The van der Waals surface area contributed by atoms with Crippen molar-refractivity contribution in [2.24, 2.45) is 0 Å². The summed E-state index contributed by atoms with van der Waals surface area (Å²) in [5.74, 6) is -0.470. The zero-order chi connectivity index (χ0) is 15.0. The fraction of sp³-hybridized carbons (Fsp3) is 0.200. The van der Waals surface area contributed by atoms with Crippen LogP contribution in [0.15, 0.2) is 35.8 Å². The molecule has 0 saturated carbocycles. The van der Waals surface area contributed by atoms with E-state index in [0.717, 1.165) is 5.56 Å². The molecule has 1 aromatic carbocycles. The van der Waals surface area contributed by atoms with E-state index in [1.807, 2.05) is 42.5 Å². The predicted molar refractivity (Wildman–Crippen MR) is 83.3 cm³/mol. The Balaban J connectivity index is 1.97. The lowest BCUT2D eigenvalue weighted by Crippen LogP contribution is -2.20. The maximum absolute atomic E-state index is 11.5. The van der Waals surface area contributed by atoms with Crippen LogP contribution in [0.1, 0.15) is 21.6 Å². The van der Waals surface area contributed by atoms with Crippen molar-refractivity contribution < 1.29 is 9.90 Å². The fourth-order valence-corrected chi connectivity index (χ4v) is 3.11. The van der Waals surface area contributed by atoms with Gasteiger partial charge in [-0.25, -0.2) is 9.78 Å². The molecule has 0 aliphatic heterocycles. The Labute approximate surface area is 126 Å². The van der Waals surface area contributed by atoms with E-state index in [0.29, 0.717) is 17.3 Å². The molecule has 0 saturated heterocycles. The highest BCUT2D eigenvalue weighted by molar-refractivity contribution is 7.15. The number of carboxylic acid groups (broad SMARTS) is 1. The van der Waals surface area contributed by atoms with Crippen LogP contribution in [0, 0.1) is 6.92 Å². The lowest BCUT2D eigenvalue weighted by molar-refractivity contribution is 0.0690. The van der Waals surface area contributed by atoms with Gasteiger partial charge in [-0.2, -0.15) is 0 Å². The van der Waals surface area contributed by atoms with Crippen LogP contribution >= 0.6 is 11.3 Å². The van der Waals surface area contributed by atoms with E-state index in [4.69, 9.17) is 0 Å². The Morgan fingerprint density at radius 3 is 3.00 bits per heavy atom. The minimum Gasteiger partial charge on any atom is -0.476 e. The summed E-state index contributed by atoms with van der Waals surface area (Å²) in [6, 6.07) is 8.17. The number of carboxylic acids is 1. The van der Waals surface area contributed by atoms with Gasteiger partial charge in [0.2, 0.25) is 0 Å². The summed E-state index contributed by atoms with van der Waals surface area (Å²) in [6.45, 7) is 2.66. The van der Waals surface area contributed by atoms with E-state index in [2.05, 4.69) is 11.1 Å². The first-order valence-electron chi connectivity index (χ1n) is 6.52. The molecule has 6 heteroatoms. The van der Waals surface area contributed by atoms with Crippen molar-refractivity contribution in [1.82, 2.24) is 9.38 Å². The monoisotopic (exact) mass is 301 g/mol. The number of aromatic nitrogens is 2. The van der Waals surface area contributed by atoms with E-state index in [9.17, 15) is 9.90 Å². The zero-order valence-electron chi connectivity index (χ0n) is 11.8. The summed E-state index contributed by atoms with van der Waals surface area (Å²) in [7, 11) is 1.86. The second-order valence-corrected chi connectivity index (χ2v) is 5.86. The molecule has 0 radical (unpaired) electrons. The number of benzene rings is 1. The largest absolute Gasteiger partial charge is 0.476 e. The summed E-state index contributed by atoms with van der Waals surface area (Å²) in [4.78, 5) is 18.5. The smallest absolute Gasteiger partial charge is 0.356 e.